The predicted molar refractivity (Wildman–Crippen MR) is 83.1 cm³/mol. The molecule has 1 fully saturated rings. The minimum absolute atomic E-state index is 0.0709. The summed E-state index contributed by atoms with van der Waals surface area (Å²) in [7, 11) is 0. The monoisotopic (exact) mass is 310 g/mol. The standard InChI is InChI=1S/C14H18N2O4S/c17-13(9-21-10-14(18)19)15-11-3-1-2-4-12(11)16-5-7-20-8-6-16/h1-4H,5-10H2,(H,15,17)(H,18,19). The van der Waals surface area contributed by atoms with Crippen LogP contribution in [0.4, 0.5) is 11.4 Å². The highest BCUT2D eigenvalue weighted by Crippen LogP contribution is 2.26. The van der Waals surface area contributed by atoms with E-state index in [0.717, 1.165) is 36.2 Å². The molecule has 1 aromatic rings. The SMILES string of the molecule is O=C(O)CSCC(=O)Nc1ccccc1N1CCOCC1. The largest absolute Gasteiger partial charge is 0.481 e. The Kier molecular flexibility index (Phi) is 5.89. The number of nitrogens with one attached hydrogen (secondary N) is 1. The number of ether oxygens (including phenoxy) is 1. The molecule has 0 atom stereocenters. The summed E-state index contributed by atoms with van der Waals surface area (Å²) in [5.74, 6) is -1.05. The van der Waals surface area contributed by atoms with Gasteiger partial charge in [-0.05, 0) is 12.1 Å². The van der Waals surface area contributed by atoms with Gasteiger partial charge in [-0.25, -0.2) is 0 Å². The lowest BCUT2D eigenvalue weighted by atomic mass is 10.2. The first-order chi connectivity index (χ1) is 10.2. The molecule has 1 aliphatic rings. The van der Waals surface area contributed by atoms with Crippen LogP contribution in [0, 0.1) is 0 Å². The van der Waals surface area contributed by atoms with Crippen molar-refractivity contribution >= 4 is 35.0 Å². The van der Waals surface area contributed by atoms with E-state index in [4.69, 9.17) is 9.84 Å². The molecule has 1 amide bonds. The maximum atomic E-state index is 11.9. The fourth-order valence-electron chi connectivity index (χ4n) is 2.08. The zero-order valence-corrected chi connectivity index (χ0v) is 12.4. The maximum absolute atomic E-state index is 11.9. The number of carbonyl (C=O) groups excluding carboxylic acids is 1. The van der Waals surface area contributed by atoms with Crippen LogP contribution in [-0.4, -0.2) is 54.8 Å². The number of hydrogen-bond donors (Lipinski definition) is 2. The number of thioether (sulfide) groups is 1. The fourth-order valence-corrected chi connectivity index (χ4v) is 2.61. The van der Waals surface area contributed by atoms with E-state index in [1.165, 1.54) is 0 Å². The van der Waals surface area contributed by atoms with Gasteiger partial charge in [0.1, 0.15) is 0 Å². The van der Waals surface area contributed by atoms with Crippen molar-refractivity contribution in [2.75, 3.05) is 48.0 Å². The number of aliphatic carboxylic acids is 1. The van der Waals surface area contributed by atoms with E-state index >= 15 is 0 Å². The molecule has 0 radical (unpaired) electrons. The highest BCUT2D eigenvalue weighted by Gasteiger charge is 2.15. The molecule has 1 heterocycles. The van der Waals surface area contributed by atoms with Gasteiger partial charge in [-0.15, -0.1) is 11.8 Å². The molecule has 0 bridgehead atoms. The normalized spacial score (nSPS) is 14.8. The molecule has 2 N–H and O–H groups in total. The Morgan fingerprint density at radius 1 is 1.24 bits per heavy atom. The van der Waals surface area contributed by atoms with Crippen molar-refractivity contribution in [1.82, 2.24) is 0 Å². The molecular weight excluding hydrogens is 292 g/mol. The third kappa shape index (κ3) is 4.95. The summed E-state index contributed by atoms with van der Waals surface area (Å²) >= 11 is 1.08. The molecule has 1 saturated heterocycles. The molecule has 1 aliphatic heterocycles. The number of rotatable bonds is 6. The summed E-state index contributed by atoms with van der Waals surface area (Å²) in [6.07, 6.45) is 0. The van der Waals surface area contributed by atoms with Crippen LogP contribution >= 0.6 is 11.8 Å². The lowest BCUT2D eigenvalue weighted by Gasteiger charge is -2.30. The van der Waals surface area contributed by atoms with Gasteiger partial charge >= 0.3 is 5.97 Å². The molecule has 2 rings (SSSR count). The van der Waals surface area contributed by atoms with Gasteiger partial charge in [0.05, 0.1) is 36.1 Å². The molecule has 7 heteroatoms. The van der Waals surface area contributed by atoms with Crippen LogP contribution in [0.3, 0.4) is 0 Å². The van der Waals surface area contributed by atoms with Crippen molar-refractivity contribution in [1.29, 1.82) is 0 Å². The third-order valence-electron chi connectivity index (χ3n) is 2.99. The van der Waals surface area contributed by atoms with Crippen LogP contribution < -0.4 is 10.2 Å². The second kappa shape index (κ2) is 7.90. The molecule has 0 aliphatic carbocycles. The van der Waals surface area contributed by atoms with Crippen molar-refractivity contribution in [2.24, 2.45) is 0 Å². The molecule has 0 saturated carbocycles. The lowest BCUT2D eigenvalue weighted by molar-refractivity contribution is -0.133. The minimum atomic E-state index is -0.915. The van der Waals surface area contributed by atoms with Gasteiger partial charge in [0.15, 0.2) is 0 Å². The van der Waals surface area contributed by atoms with Crippen molar-refractivity contribution in [3.05, 3.63) is 24.3 Å². The maximum Gasteiger partial charge on any atom is 0.313 e. The fraction of sp³-hybridized carbons (Fsp3) is 0.429. The second-order valence-corrected chi connectivity index (χ2v) is 5.54. The number of benzene rings is 1. The van der Waals surface area contributed by atoms with Crippen LogP contribution in [0.15, 0.2) is 24.3 Å². The zero-order chi connectivity index (χ0) is 15.1. The third-order valence-corrected chi connectivity index (χ3v) is 3.91. The summed E-state index contributed by atoms with van der Waals surface area (Å²) < 4.78 is 5.33. The zero-order valence-electron chi connectivity index (χ0n) is 11.6. The number of carboxylic acids is 1. The van der Waals surface area contributed by atoms with Crippen molar-refractivity contribution in [2.45, 2.75) is 0 Å². The van der Waals surface area contributed by atoms with E-state index in [2.05, 4.69) is 10.2 Å². The number of morpholine rings is 1. The van der Waals surface area contributed by atoms with Gasteiger partial charge in [0.2, 0.25) is 5.91 Å². The Labute approximate surface area is 127 Å². The summed E-state index contributed by atoms with van der Waals surface area (Å²) in [4.78, 5) is 24.5. The number of carboxylic acid groups (broad SMARTS) is 1. The topological polar surface area (TPSA) is 78.9 Å². The Morgan fingerprint density at radius 2 is 1.95 bits per heavy atom. The lowest BCUT2D eigenvalue weighted by Crippen LogP contribution is -2.36. The van der Waals surface area contributed by atoms with Gasteiger partial charge in [0.25, 0.3) is 0 Å². The van der Waals surface area contributed by atoms with Gasteiger partial charge in [-0.1, -0.05) is 12.1 Å². The van der Waals surface area contributed by atoms with Crippen LogP contribution in [0.5, 0.6) is 0 Å². The van der Waals surface area contributed by atoms with Crippen LogP contribution in [0.1, 0.15) is 0 Å². The van der Waals surface area contributed by atoms with E-state index < -0.39 is 5.97 Å². The number of para-hydroxylation sites is 2. The Bertz CT molecular complexity index is 504. The Hall–Kier alpha value is -1.73. The second-order valence-electron chi connectivity index (χ2n) is 4.55. The summed E-state index contributed by atoms with van der Waals surface area (Å²) in [6, 6.07) is 7.61. The van der Waals surface area contributed by atoms with Crippen LogP contribution in [0.25, 0.3) is 0 Å². The molecular formula is C14H18N2O4S. The van der Waals surface area contributed by atoms with Gasteiger partial charge < -0.3 is 20.1 Å². The summed E-state index contributed by atoms with van der Waals surface area (Å²) in [5, 5.41) is 11.4. The number of hydrogen-bond acceptors (Lipinski definition) is 5. The summed E-state index contributed by atoms with van der Waals surface area (Å²) in [5.41, 5.74) is 1.72. The molecule has 0 aromatic heterocycles. The first-order valence-corrected chi connectivity index (χ1v) is 7.83. The minimum Gasteiger partial charge on any atom is -0.481 e. The highest BCUT2D eigenvalue weighted by atomic mass is 32.2. The molecule has 21 heavy (non-hydrogen) atoms. The van der Waals surface area contributed by atoms with E-state index in [1.54, 1.807) is 0 Å². The molecule has 0 spiro atoms. The van der Waals surface area contributed by atoms with Crippen molar-refractivity contribution in [3.8, 4) is 0 Å². The van der Waals surface area contributed by atoms with E-state index in [9.17, 15) is 9.59 Å². The Morgan fingerprint density at radius 3 is 2.67 bits per heavy atom. The van der Waals surface area contributed by atoms with Gasteiger partial charge in [-0.3, -0.25) is 9.59 Å². The number of amides is 1. The van der Waals surface area contributed by atoms with Crippen molar-refractivity contribution < 1.29 is 19.4 Å². The van der Waals surface area contributed by atoms with E-state index in [1.807, 2.05) is 24.3 Å². The van der Waals surface area contributed by atoms with E-state index in [0.29, 0.717) is 13.2 Å². The predicted octanol–water partition coefficient (Wildman–Crippen LogP) is 1.28. The highest BCUT2D eigenvalue weighted by molar-refractivity contribution is 8.00. The first kappa shape index (κ1) is 15.7. The quantitative estimate of drug-likeness (QED) is 0.824. The van der Waals surface area contributed by atoms with Gasteiger partial charge in [0, 0.05) is 13.1 Å². The number of anilines is 2. The number of nitrogens with zero attached hydrogens (tertiary/aromatic N) is 1. The molecule has 6 nitrogen and oxygen atoms in total. The molecule has 0 unspecified atom stereocenters. The average molecular weight is 310 g/mol. The van der Waals surface area contributed by atoms with Crippen LogP contribution in [0.2, 0.25) is 0 Å². The summed E-state index contributed by atoms with van der Waals surface area (Å²) in [6.45, 7) is 2.94. The van der Waals surface area contributed by atoms with Gasteiger partial charge in [-0.2, -0.15) is 0 Å². The number of carbonyl (C=O) groups is 2. The smallest absolute Gasteiger partial charge is 0.313 e. The van der Waals surface area contributed by atoms with Crippen LogP contribution in [-0.2, 0) is 14.3 Å². The first-order valence-electron chi connectivity index (χ1n) is 6.68. The average Bonchev–Trinajstić information content (AvgIpc) is 2.48. The molecule has 114 valence electrons. The van der Waals surface area contributed by atoms with E-state index in [-0.39, 0.29) is 17.4 Å². The Balaban J connectivity index is 1.96. The van der Waals surface area contributed by atoms with Crippen molar-refractivity contribution in [3.63, 3.8) is 0 Å². The molecule has 1 aromatic carbocycles.